The predicted octanol–water partition coefficient (Wildman–Crippen LogP) is 1.52. The second-order valence-corrected chi connectivity index (χ2v) is 6.37. The molecule has 2 aromatic heterocycles. The van der Waals surface area contributed by atoms with Crippen LogP contribution in [0.1, 0.15) is 30.3 Å². The van der Waals surface area contributed by atoms with Crippen LogP contribution in [-0.2, 0) is 17.9 Å². The Hall–Kier alpha value is -2.15. The highest BCUT2D eigenvalue weighted by molar-refractivity contribution is 5.78. The molecule has 0 saturated carbocycles. The Balaban J connectivity index is 1.45. The Bertz CT molecular complexity index is 665. The third-order valence-corrected chi connectivity index (χ3v) is 4.42. The first-order valence-electron chi connectivity index (χ1n) is 8.52. The van der Waals surface area contributed by atoms with Gasteiger partial charge in [-0.3, -0.25) is 9.69 Å². The Labute approximate surface area is 142 Å². The van der Waals surface area contributed by atoms with Crippen molar-refractivity contribution in [2.24, 2.45) is 5.92 Å². The van der Waals surface area contributed by atoms with E-state index in [-0.39, 0.29) is 11.8 Å². The van der Waals surface area contributed by atoms with E-state index in [1.165, 1.54) is 0 Å². The van der Waals surface area contributed by atoms with Gasteiger partial charge in [0, 0.05) is 13.1 Å². The van der Waals surface area contributed by atoms with E-state index < -0.39 is 0 Å². The SMILES string of the molecule is Cc1nc(C)n(CCNC(=O)[C@@H]2CCCN(Cc3ccco3)C2)n1. The van der Waals surface area contributed by atoms with Crippen molar-refractivity contribution in [3.8, 4) is 0 Å². The summed E-state index contributed by atoms with van der Waals surface area (Å²) in [7, 11) is 0. The fourth-order valence-electron chi connectivity index (χ4n) is 3.24. The molecule has 1 amide bonds. The maximum Gasteiger partial charge on any atom is 0.224 e. The zero-order valence-electron chi connectivity index (χ0n) is 14.4. The van der Waals surface area contributed by atoms with Gasteiger partial charge in [-0.2, -0.15) is 5.10 Å². The molecule has 0 radical (unpaired) electrons. The van der Waals surface area contributed by atoms with Gasteiger partial charge in [0.15, 0.2) is 0 Å². The van der Waals surface area contributed by atoms with Crippen LogP contribution in [0.25, 0.3) is 0 Å². The number of nitrogens with zero attached hydrogens (tertiary/aromatic N) is 4. The van der Waals surface area contributed by atoms with Gasteiger partial charge in [0.25, 0.3) is 0 Å². The summed E-state index contributed by atoms with van der Waals surface area (Å²) < 4.78 is 7.23. The van der Waals surface area contributed by atoms with Gasteiger partial charge in [0.1, 0.15) is 17.4 Å². The lowest BCUT2D eigenvalue weighted by Gasteiger charge is -2.31. The van der Waals surface area contributed by atoms with Crippen molar-refractivity contribution in [1.82, 2.24) is 25.0 Å². The molecule has 1 atom stereocenters. The van der Waals surface area contributed by atoms with Crippen molar-refractivity contribution in [2.75, 3.05) is 19.6 Å². The summed E-state index contributed by atoms with van der Waals surface area (Å²) in [5.74, 6) is 2.78. The predicted molar refractivity (Wildman–Crippen MR) is 89.2 cm³/mol. The summed E-state index contributed by atoms with van der Waals surface area (Å²) in [6, 6.07) is 3.88. The van der Waals surface area contributed by atoms with Crippen LogP contribution in [0, 0.1) is 19.8 Å². The molecule has 7 nitrogen and oxygen atoms in total. The minimum absolute atomic E-state index is 0.0484. The Morgan fingerprint density at radius 1 is 1.46 bits per heavy atom. The monoisotopic (exact) mass is 331 g/mol. The van der Waals surface area contributed by atoms with E-state index in [1.807, 2.05) is 30.7 Å². The van der Waals surface area contributed by atoms with Crippen LogP contribution in [-0.4, -0.2) is 45.2 Å². The van der Waals surface area contributed by atoms with Crippen molar-refractivity contribution in [3.63, 3.8) is 0 Å². The van der Waals surface area contributed by atoms with Crippen LogP contribution in [0.15, 0.2) is 22.8 Å². The lowest BCUT2D eigenvalue weighted by atomic mass is 9.97. The zero-order valence-corrected chi connectivity index (χ0v) is 14.4. The maximum absolute atomic E-state index is 12.4. The minimum Gasteiger partial charge on any atom is -0.468 e. The zero-order chi connectivity index (χ0) is 16.9. The van der Waals surface area contributed by atoms with Crippen LogP contribution < -0.4 is 5.32 Å². The van der Waals surface area contributed by atoms with E-state index in [9.17, 15) is 4.79 Å². The van der Waals surface area contributed by atoms with Gasteiger partial charge in [-0.1, -0.05) is 0 Å². The van der Waals surface area contributed by atoms with Gasteiger partial charge in [0.05, 0.1) is 25.3 Å². The lowest BCUT2D eigenvalue weighted by Crippen LogP contribution is -2.43. The summed E-state index contributed by atoms with van der Waals surface area (Å²) in [6.45, 7) is 7.61. The molecule has 0 aromatic carbocycles. The summed E-state index contributed by atoms with van der Waals surface area (Å²) in [5, 5.41) is 7.35. The minimum atomic E-state index is 0.0484. The molecular weight excluding hydrogens is 306 g/mol. The standard InChI is InChI=1S/C17H25N5O2/c1-13-19-14(2)22(20-13)9-7-18-17(23)15-5-3-8-21(11-15)12-16-6-4-10-24-16/h4,6,10,15H,3,5,7-9,11-12H2,1-2H3,(H,18,23)/t15-/m1/s1. The van der Waals surface area contributed by atoms with E-state index in [4.69, 9.17) is 4.42 Å². The Morgan fingerprint density at radius 3 is 3.04 bits per heavy atom. The number of hydrogen-bond acceptors (Lipinski definition) is 5. The number of rotatable bonds is 6. The van der Waals surface area contributed by atoms with Crippen LogP contribution in [0.3, 0.4) is 0 Å². The maximum atomic E-state index is 12.4. The highest BCUT2D eigenvalue weighted by atomic mass is 16.3. The van der Waals surface area contributed by atoms with Gasteiger partial charge in [0.2, 0.25) is 5.91 Å². The molecular formula is C17H25N5O2. The number of carbonyl (C=O) groups is 1. The molecule has 1 aliphatic rings. The van der Waals surface area contributed by atoms with Gasteiger partial charge >= 0.3 is 0 Å². The van der Waals surface area contributed by atoms with Crippen molar-refractivity contribution < 1.29 is 9.21 Å². The highest BCUT2D eigenvalue weighted by Gasteiger charge is 2.25. The topological polar surface area (TPSA) is 76.2 Å². The van der Waals surface area contributed by atoms with Gasteiger partial charge in [-0.15, -0.1) is 0 Å². The quantitative estimate of drug-likeness (QED) is 0.868. The molecule has 3 heterocycles. The molecule has 0 unspecified atom stereocenters. The lowest BCUT2D eigenvalue weighted by molar-refractivity contribution is -0.126. The van der Waals surface area contributed by atoms with Crippen LogP contribution >= 0.6 is 0 Å². The first-order valence-corrected chi connectivity index (χ1v) is 8.52. The Kier molecular flexibility index (Phi) is 5.30. The van der Waals surface area contributed by atoms with Crippen molar-refractivity contribution in [2.45, 2.75) is 39.8 Å². The van der Waals surface area contributed by atoms with Crippen LogP contribution in [0.2, 0.25) is 0 Å². The molecule has 1 saturated heterocycles. The van der Waals surface area contributed by atoms with Crippen LogP contribution in [0.4, 0.5) is 0 Å². The van der Waals surface area contributed by atoms with E-state index in [0.717, 1.165) is 49.9 Å². The van der Waals surface area contributed by atoms with E-state index in [1.54, 1.807) is 6.26 Å². The highest BCUT2D eigenvalue weighted by Crippen LogP contribution is 2.19. The molecule has 24 heavy (non-hydrogen) atoms. The van der Waals surface area contributed by atoms with E-state index >= 15 is 0 Å². The number of furan rings is 1. The third kappa shape index (κ3) is 4.23. The first kappa shape index (κ1) is 16.7. The molecule has 0 aliphatic carbocycles. The number of nitrogens with one attached hydrogen (secondary N) is 1. The number of aryl methyl sites for hydroxylation is 2. The van der Waals surface area contributed by atoms with Crippen molar-refractivity contribution in [3.05, 3.63) is 35.8 Å². The summed E-state index contributed by atoms with van der Waals surface area (Å²) in [6.07, 6.45) is 3.68. The molecule has 130 valence electrons. The van der Waals surface area contributed by atoms with Gasteiger partial charge < -0.3 is 9.73 Å². The molecule has 1 fully saturated rings. The number of amides is 1. The summed E-state index contributed by atoms with van der Waals surface area (Å²) in [4.78, 5) is 19.0. The van der Waals surface area contributed by atoms with Crippen LogP contribution in [0.5, 0.6) is 0 Å². The molecule has 7 heteroatoms. The van der Waals surface area contributed by atoms with E-state index in [2.05, 4.69) is 20.3 Å². The fraction of sp³-hybridized carbons (Fsp3) is 0.588. The number of aromatic nitrogens is 3. The number of carbonyl (C=O) groups excluding carboxylic acids is 1. The fourth-order valence-corrected chi connectivity index (χ4v) is 3.24. The number of piperidine rings is 1. The van der Waals surface area contributed by atoms with Crippen molar-refractivity contribution >= 4 is 5.91 Å². The smallest absolute Gasteiger partial charge is 0.224 e. The molecule has 0 spiro atoms. The first-order chi connectivity index (χ1) is 11.6. The average molecular weight is 331 g/mol. The second-order valence-electron chi connectivity index (χ2n) is 6.37. The molecule has 3 rings (SSSR count). The number of hydrogen-bond donors (Lipinski definition) is 1. The largest absolute Gasteiger partial charge is 0.468 e. The van der Waals surface area contributed by atoms with Gasteiger partial charge in [-0.05, 0) is 45.4 Å². The van der Waals surface area contributed by atoms with Crippen molar-refractivity contribution in [1.29, 1.82) is 0 Å². The molecule has 1 aliphatic heterocycles. The summed E-state index contributed by atoms with van der Waals surface area (Å²) >= 11 is 0. The average Bonchev–Trinajstić information content (AvgIpc) is 3.17. The number of likely N-dealkylation sites (tertiary alicyclic amines) is 1. The third-order valence-electron chi connectivity index (χ3n) is 4.42. The second kappa shape index (κ2) is 7.61. The molecule has 2 aromatic rings. The van der Waals surface area contributed by atoms with E-state index in [0.29, 0.717) is 13.1 Å². The molecule has 1 N–H and O–H groups in total. The van der Waals surface area contributed by atoms with Gasteiger partial charge in [-0.25, -0.2) is 9.67 Å². The summed E-state index contributed by atoms with van der Waals surface area (Å²) in [5.41, 5.74) is 0. The normalized spacial score (nSPS) is 18.7. The Morgan fingerprint density at radius 2 is 2.33 bits per heavy atom. The molecule has 0 bridgehead atoms.